The monoisotopic (exact) mass is 331 g/mol. The van der Waals surface area contributed by atoms with Crippen LogP contribution in [-0.4, -0.2) is 22.5 Å². The third-order valence-corrected chi connectivity index (χ3v) is 4.56. The number of hydrogen-bond acceptors (Lipinski definition) is 5. The van der Waals surface area contributed by atoms with Crippen LogP contribution in [0.1, 0.15) is 19.1 Å². The predicted molar refractivity (Wildman–Crippen MR) is 89.3 cm³/mol. The lowest BCUT2D eigenvalue weighted by molar-refractivity contribution is -0.116. The van der Waals surface area contributed by atoms with E-state index in [2.05, 4.69) is 10.2 Å². The third-order valence-electron chi connectivity index (χ3n) is 3.26. The molecule has 0 saturated carbocycles. The van der Waals surface area contributed by atoms with E-state index in [-0.39, 0.29) is 17.0 Å². The van der Waals surface area contributed by atoms with E-state index < -0.39 is 0 Å². The minimum Gasteiger partial charge on any atom is -0.463 e. The summed E-state index contributed by atoms with van der Waals surface area (Å²) >= 11 is 1.35. The second-order valence-electron chi connectivity index (χ2n) is 4.81. The van der Waals surface area contributed by atoms with Gasteiger partial charge in [-0.15, -0.1) is 5.10 Å². The van der Waals surface area contributed by atoms with Crippen molar-refractivity contribution in [2.75, 3.05) is 4.90 Å². The fraction of sp³-hybridized carbons (Fsp3) is 0.188. The van der Waals surface area contributed by atoms with Gasteiger partial charge in [-0.3, -0.25) is 9.69 Å². The molecule has 0 unspecified atom stereocenters. The van der Waals surface area contributed by atoms with Crippen LogP contribution in [0.5, 0.6) is 0 Å². The van der Waals surface area contributed by atoms with Crippen molar-refractivity contribution in [2.45, 2.75) is 18.6 Å². The molecule has 2 heterocycles. The van der Waals surface area contributed by atoms with Gasteiger partial charge in [0.2, 0.25) is 5.91 Å². The van der Waals surface area contributed by atoms with Crippen LogP contribution in [0.4, 0.5) is 10.1 Å². The first-order valence-electron chi connectivity index (χ1n) is 7.09. The number of anilines is 1. The highest BCUT2D eigenvalue weighted by molar-refractivity contribution is 8.16. The number of halogens is 1. The van der Waals surface area contributed by atoms with Crippen molar-refractivity contribution in [1.29, 1.82) is 0 Å². The minimum atomic E-state index is -0.352. The van der Waals surface area contributed by atoms with Crippen molar-refractivity contribution in [3.63, 3.8) is 0 Å². The van der Waals surface area contributed by atoms with Gasteiger partial charge in [0.05, 0.1) is 23.4 Å². The van der Waals surface area contributed by atoms with Crippen LogP contribution in [0.2, 0.25) is 0 Å². The number of amides is 1. The first-order chi connectivity index (χ1) is 11.2. The number of rotatable bonds is 4. The van der Waals surface area contributed by atoms with E-state index in [0.29, 0.717) is 23.0 Å². The molecule has 23 heavy (non-hydrogen) atoms. The number of amidine groups is 1. The molecule has 1 aromatic heterocycles. The summed E-state index contributed by atoms with van der Waals surface area (Å²) < 4.78 is 18.2. The van der Waals surface area contributed by atoms with E-state index in [1.807, 2.05) is 6.92 Å². The molecule has 2 aromatic rings. The Morgan fingerprint density at radius 1 is 1.35 bits per heavy atom. The van der Waals surface area contributed by atoms with Crippen LogP contribution in [-0.2, 0) is 4.79 Å². The van der Waals surface area contributed by atoms with Gasteiger partial charge in [-0.25, -0.2) is 4.39 Å². The zero-order chi connectivity index (χ0) is 16.2. The molecule has 1 aliphatic rings. The fourth-order valence-corrected chi connectivity index (χ4v) is 3.15. The van der Waals surface area contributed by atoms with Gasteiger partial charge < -0.3 is 4.42 Å². The standard InChI is InChI=1S/C16H14FN3O2S/c1-2-14-15(21)20(12-7-5-11(17)6-8-12)16(23-14)19-18-10-13-4-3-9-22-13/h3-10,14H,2H2,1H3/b18-10-,19-16+/t14-/m1/s1. The summed E-state index contributed by atoms with van der Waals surface area (Å²) in [7, 11) is 0. The van der Waals surface area contributed by atoms with Crippen molar-refractivity contribution in [3.8, 4) is 0 Å². The number of carbonyl (C=O) groups excluding carboxylic acids is 1. The molecule has 3 rings (SSSR count). The summed E-state index contributed by atoms with van der Waals surface area (Å²) in [6.45, 7) is 1.94. The molecule has 0 aliphatic carbocycles. The topological polar surface area (TPSA) is 58.2 Å². The maximum Gasteiger partial charge on any atom is 0.246 e. The van der Waals surface area contributed by atoms with E-state index in [9.17, 15) is 9.18 Å². The summed E-state index contributed by atoms with van der Waals surface area (Å²) in [6, 6.07) is 9.24. The van der Waals surface area contributed by atoms with Crippen molar-refractivity contribution in [2.24, 2.45) is 10.2 Å². The highest BCUT2D eigenvalue weighted by Gasteiger charge is 2.38. The summed E-state index contributed by atoms with van der Waals surface area (Å²) in [5.41, 5.74) is 0.576. The van der Waals surface area contributed by atoms with Crippen LogP contribution < -0.4 is 4.90 Å². The molecule has 1 saturated heterocycles. The molecule has 0 bridgehead atoms. The fourth-order valence-electron chi connectivity index (χ4n) is 2.12. The van der Waals surface area contributed by atoms with E-state index >= 15 is 0 Å². The lowest BCUT2D eigenvalue weighted by atomic mass is 10.2. The second-order valence-corrected chi connectivity index (χ2v) is 5.98. The summed E-state index contributed by atoms with van der Waals surface area (Å²) in [6.07, 6.45) is 3.70. The Hall–Kier alpha value is -2.41. The number of thioether (sulfide) groups is 1. The Bertz CT molecular complexity index is 741. The van der Waals surface area contributed by atoms with Crippen molar-refractivity contribution in [3.05, 3.63) is 54.2 Å². The second kappa shape index (κ2) is 6.78. The molecule has 0 radical (unpaired) electrons. The maximum atomic E-state index is 13.1. The quantitative estimate of drug-likeness (QED) is 0.634. The Labute approximate surface area is 136 Å². The molecule has 5 nitrogen and oxygen atoms in total. The Morgan fingerprint density at radius 2 is 2.13 bits per heavy atom. The molecular weight excluding hydrogens is 317 g/mol. The van der Waals surface area contributed by atoms with Crippen LogP contribution >= 0.6 is 11.8 Å². The molecule has 118 valence electrons. The molecule has 1 aliphatic heterocycles. The van der Waals surface area contributed by atoms with Gasteiger partial charge in [0.1, 0.15) is 11.6 Å². The number of nitrogens with zero attached hydrogens (tertiary/aromatic N) is 3. The van der Waals surface area contributed by atoms with Gasteiger partial charge in [0.25, 0.3) is 0 Å². The molecule has 7 heteroatoms. The van der Waals surface area contributed by atoms with Crippen LogP contribution in [0.15, 0.2) is 57.3 Å². The van der Waals surface area contributed by atoms with Crippen LogP contribution in [0, 0.1) is 5.82 Å². The number of carbonyl (C=O) groups is 1. The first-order valence-corrected chi connectivity index (χ1v) is 7.97. The van der Waals surface area contributed by atoms with E-state index in [4.69, 9.17) is 4.42 Å². The van der Waals surface area contributed by atoms with Gasteiger partial charge in [0.15, 0.2) is 5.17 Å². The van der Waals surface area contributed by atoms with E-state index in [1.165, 1.54) is 35.0 Å². The van der Waals surface area contributed by atoms with Crippen molar-refractivity contribution < 1.29 is 13.6 Å². The lowest BCUT2D eigenvalue weighted by Crippen LogP contribution is -2.31. The van der Waals surface area contributed by atoms with Crippen LogP contribution in [0.25, 0.3) is 0 Å². The van der Waals surface area contributed by atoms with Crippen LogP contribution in [0.3, 0.4) is 0 Å². The molecule has 1 aromatic carbocycles. The average Bonchev–Trinajstić information content (AvgIpc) is 3.17. The molecule has 1 fully saturated rings. The van der Waals surface area contributed by atoms with Gasteiger partial charge in [-0.05, 0) is 42.8 Å². The number of benzene rings is 1. The SMILES string of the molecule is CC[C@H]1S/C(=N/N=C\c2ccco2)N(c2ccc(F)cc2)C1=O. The molecular formula is C16H14FN3O2S. The van der Waals surface area contributed by atoms with E-state index in [1.54, 1.807) is 30.5 Å². The zero-order valence-electron chi connectivity index (χ0n) is 12.3. The molecule has 1 atom stereocenters. The van der Waals surface area contributed by atoms with Gasteiger partial charge >= 0.3 is 0 Å². The van der Waals surface area contributed by atoms with Gasteiger partial charge in [-0.2, -0.15) is 5.10 Å². The first kappa shape index (κ1) is 15.5. The van der Waals surface area contributed by atoms with Gasteiger partial charge in [-0.1, -0.05) is 18.7 Å². The summed E-state index contributed by atoms with van der Waals surface area (Å²) in [5, 5.41) is 8.36. The summed E-state index contributed by atoms with van der Waals surface area (Å²) in [4.78, 5) is 14.0. The lowest BCUT2D eigenvalue weighted by Gasteiger charge is -2.15. The highest BCUT2D eigenvalue weighted by Crippen LogP contribution is 2.33. The smallest absolute Gasteiger partial charge is 0.246 e. The highest BCUT2D eigenvalue weighted by atomic mass is 32.2. The van der Waals surface area contributed by atoms with Gasteiger partial charge in [0, 0.05) is 0 Å². The molecule has 0 N–H and O–H groups in total. The normalized spacial score (nSPS) is 20.1. The largest absolute Gasteiger partial charge is 0.463 e. The zero-order valence-corrected chi connectivity index (χ0v) is 13.2. The summed E-state index contributed by atoms with van der Waals surface area (Å²) in [5.74, 6) is 0.148. The van der Waals surface area contributed by atoms with E-state index in [0.717, 1.165) is 0 Å². The maximum absolute atomic E-state index is 13.1. The van der Waals surface area contributed by atoms with Crippen molar-refractivity contribution in [1.82, 2.24) is 0 Å². The number of hydrogen-bond donors (Lipinski definition) is 0. The Morgan fingerprint density at radius 3 is 2.78 bits per heavy atom. The van der Waals surface area contributed by atoms with Crippen molar-refractivity contribution >= 4 is 34.7 Å². The number of furan rings is 1. The average molecular weight is 331 g/mol. The minimum absolute atomic E-state index is 0.0731. The Balaban J connectivity index is 1.89. The predicted octanol–water partition coefficient (Wildman–Crippen LogP) is 3.67. The molecule has 1 amide bonds. The third kappa shape index (κ3) is 3.34. The molecule has 0 spiro atoms. The Kier molecular flexibility index (Phi) is 4.57.